The minimum absolute atomic E-state index is 0.666. The van der Waals surface area contributed by atoms with Crippen molar-refractivity contribution in [1.82, 2.24) is 14.9 Å². The maximum Gasteiger partial charge on any atom is 0.227 e. The Morgan fingerprint density at radius 2 is 1.61 bits per heavy atom. The number of benzene rings is 2. The van der Waals surface area contributed by atoms with Gasteiger partial charge in [0.2, 0.25) is 12.4 Å². The van der Waals surface area contributed by atoms with Crippen molar-refractivity contribution in [2.45, 2.75) is 0 Å². The first kappa shape index (κ1) is 17.8. The fourth-order valence-electron chi connectivity index (χ4n) is 2.98. The molecule has 142 valence electrons. The van der Waals surface area contributed by atoms with E-state index in [1.807, 2.05) is 60.7 Å². The van der Waals surface area contributed by atoms with Gasteiger partial charge < -0.3 is 19.9 Å². The lowest BCUT2D eigenvalue weighted by Gasteiger charge is -2.32. The lowest BCUT2D eigenvalue weighted by atomic mass is 10.3. The lowest BCUT2D eigenvalue weighted by molar-refractivity contribution is -0.118. The highest BCUT2D eigenvalue weighted by atomic mass is 16.5. The monoisotopic (exact) mass is 375 g/mol. The third-order valence-electron chi connectivity index (χ3n) is 4.49. The number of nitrogens with one attached hydrogen (secondary N) is 1. The highest BCUT2D eigenvalue weighted by Gasteiger charge is 2.17. The molecule has 28 heavy (non-hydrogen) atoms. The number of hydrogen-bond donors (Lipinski definition) is 1. The summed E-state index contributed by atoms with van der Waals surface area (Å²) in [6.07, 6.45) is 2.63. The van der Waals surface area contributed by atoms with E-state index in [0.717, 1.165) is 42.5 Å². The molecule has 0 spiro atoms. The third kappa shape index (κ3) is 4.37. The average molecular weight is 375 g/mol. The van der Waals surface area contributed by atoms with Gasteiger partial charge in [0.15, 0.2) is 0 Å². The number of rotatable bonds is 6. The first-order valence-corrected chi connectivity index (χ1v) is 9.17. The number of carbonyl (C=O) groups is 1. The van der Waals surface area contributed by atoms with Gasteiger partial charge in [0.1, 0.15) is 17.3 Å². The molecule has 3 aromatic rings. The zero-order valence-electron chi connectivity index (χ0n) is 15.4. The Kier molecular flexibility index (Phi) is 5.33. The maximum absolute atomic E-state index is 10.8. The quantitative estimate of drug-likeness (QED) is 0.667. The first-order valence-electron chi connectivity index (χ1n) is 9.17. The minimum atomic E-state index is 0.666. The molecule has 7 nitrogen and oxygen atoms in total. The average Bonchev–Trinajstić information content (AvgIpc) is 2.76. The van der Waals surface area contributed by atoms with Gasteiger partial charge in [0.25, 0.3) is 0 Å². The number of anilines is 3. The van der Waals surface area contributed by atoms with Crippen LogP contribution in [0, 0.1) is 0 Å². The van der Waals surface area contributed by atoms with Crippen LogP contribution in [0.15, 0.2) is 66.9 Å². The van der Waals surface area contributed by atoms with Crippen molar-refractivity contribution < 1.29 is 9.53 Å². The zero-order chi connectivity index (χ0) is 19.2. The van der Waals surface area contributed by atoms with Gasteiger partial charge in [-0.05, 0) is 42.5 Å². The number of carbonyl (C=O) groups excluding carboxylic acids is 1. The summed E-state index contributed by atoms with van der Waals surface area (Å²) in [5.74, 6) is 2.96. The van der Waals surface area contributed by atoms with Crippen molar-refractivity contribution in [2.75, 3.05) is 36.4 Å². The van der Waals surface area contributed by atoms with E-state index in [1.165, 1.54) is 0 Å². The molecular weight excluding hydrogens is 354 g/mol. The number of piperazine rings is 1. The maximum atomic E-state index is 10.8. The van der Waals surface area contributed by atoms with Crippen LogP contribution < -0.4 is 15.0 Å². The number of nitrogens with zero attached hydrogens (tertiary/aromatic N) is 4. The lowest BCUT2D eigenvalue weighted by Crippen LogP contribution is -2.46. The Bertz CT molecular complexity index is 910. The summed E-state index contributed by atoms with van der Waals surface area (Å²) in [6, 6.07) is 19.2. The molecule has 0 radical (unpaired) electrons. The molecule has 0 bridgehead atoms. The van der Waals surface area contributed by atoms with Crippen LogP contribution in [0.4, 0.5) is 17.5 Å². The molecule has 0 saturated carbocycles. The fraction of sp³-hybridized carbons (Fsp3) is 0.190. The van der Waals surface area contributed by atoms with Crippen molar-refractivity contribution in [2.24, 2.45) is 0 Å². The summed E-state index contributed by atoms with van der Waals surface area (Å²) in [4.78, 5) is 23.7. The number of ether oxygens (including phenoxy) is 1. The van der Waals surface area contributed by atoms with E-state index in [2.05, 4.69) is 20.2 Å². The van der Waals surface area contributed by atoms with Gasteiger partial charge in [-0.15, -0.1) is 0 Å². The predicted octanol–water partition coefficient (Wildman–Crippen LogP) is 3.29. The fourth-order valence-corrected chi connectivity index (χ4v) is 2.98. The van der Waals surface area contributed by atoms with Crippen LogP contribution >= 0.6 is 0 Å². The highest BCUT2D eigenvalue weighted by molar-refractivity contribution is 5.58. The second-order valence-electron chi connectivity index (χ2n) is 6.43. The highest BCUT2D eigenvalue weighted by Crippen LogP contribution is 2.24. The summed E-state index contributed by atoms with van der Waals surface area (Å²) >= 11 is 0. The van der Waals surface area contributed by atoms with Gasteiger partial charge in [0, 0.05) is 38.1 Å². The molecule has 1 amide bonds. The van der Waals surface area contributed by atoms with E-state index < -0.39 is 0 Å². The van der Waals surface area contributed by atoms with Gasteiger partial charge >= 0.3 is 0 Å². The van der Waals surface area contributed by atoms with E-state index in [0.29, 0.717) is 19.0 Å². The second-order valence-corrected chi connectivity index (χ2v) is 6.43. The summed E-state index contributed by atoms with van der Waals surface area (Å²) in [7, 11) is 0. The van der Waals surface area contributed by atoms with Crippen LogP contribution in [0.3, 0.4) is 0 Å². The van der Waals surface area contributed by atoms with Crippen LogP contribution in [-0.2, 0) is 4.79 Å². The Morgan fingerprint density at radius 1 is 0.893 bits per heavy atom. The third-order valence-corrected chi connectivity index (χ3v) is 4.49. The van der Waals surface area contributed by atoms with Crippen molar-refractivity contribution in [3.05, 3.63) is 66.9 Å². The smallest absolute Gasteiger partial charge is 0.227 e. The molecule has 1 fully saturated rings. The van der Waals surface area contributed by atoms with Gasteiger partial charge in [-0.2, -0.15) is 4.98 Å². The molecular formula is C21H21N5O2. The first-order chi connectivity index (χ1) is 13.8. The van der Waals surface area contributed by atoms with Crippen LogP contribution in [0.25, 0.3) is 0 Å². The molecule has 2 aromatic carbocycles. The predicted molar refractivity (Wildman–Crippen MR) is 108 cm³/mol. The Morgan fingerprint density at radius 3 is 2.32 bits per heavy atom. The van der Waals surface area contributed by atoms with E-state index in [-0.39, 0.29) is 0 Å². The minimum Gasteiger partial charge on any atom is -0.457 e. The van der Waals surface area contributed by atoms with Crippen LogP contribution in [0.2, 0.25) is 0 Å². The molecule has 1 N–H and O–H groups in total. The molecule has 4 rings (SSSR count). The summed E-state index contributed by atoms with van der Waals surface area (Å²) in [5.41, 5.74) is 0.913. The van der Waals surface area contributed by atoms with Gasteiger partial charge in [-0.25, -0.2) is 4.98 Å². The topological polar surface area (TPSA) is 70.6 Å². The van der Waals surface area contributed by atoms with E-state index >= 15 is 0 Å². The van der Waals surface area contributed by atoms with Crippen LogP contribution in [0.5, 0.6) is 11.5 Å². The summed E-state index contributed by atoms with van der Waals surface area (Å²) in [6.45, 7) is 2.84. The number of aromatic nitrogens is 2. The number of para-hydroxylation sites is 1. The Labute approximate surface area is 163 Å². The normalized spacial score (nSPS) is 13.9. The molecule has 0 unspecified atom stereocenters. The van der Waals surface area contributed by atoms with Crippen LogP contribution in [-0.4, -0.2) is 47.5 Å². The van der Waals surface area contributed by atoms with E-state index in [9.17, 15) is 4.79 Å². The van der Waals surface area contributed by atoms with Crippen LogP contribution in [0.1, 0.15) is 0 Å². The molecule has 1 aliphatic heterocycles. The summed E-state index contributed by atoms with van der Waals surface area (Å²) in [5, 5.41) is 3.29. The largest absolute Gasteiger partial charge is 0.457 e. The second kappa shape index (κ2) is 8.39. The Balaban J connectivity index is 1.39. The van der Waals surface area contributed by atoms with E-state index in [4.69, 9.17) is 4.74 Å². The molecule has 0 atom stereocenters. The number of amides is 1. The van der Waals surface area contributed by atoms with E-state index in [1.54, 1.807) is 11.1 Å². The standard InChI is InChI=1S/C21H21N5O2/c27-16-25-12-14-26(15-13-25)21-22-11-10-20(24-21)23-17-6-8-19(9-7-17)28-18-4-2-1-3-5-18/h1-11,16H,12-15H2,(H,22,23,24). The van der Waals surface area contributed by atoms with Crippen molar-refractivity contribution >= 4 is 23.9 Å². The summed E-state index contributed by atoms with van der Waals surface area (Å²) < 4.78 is 5.81. The van der Waals surface area contributed by atoms with Gasteiger partial charge in [0.05, 0.1) is 0 Å². The molecule has 1 aromatic heterocycles. The molecule has 1 saturated heterocycles. The van der Waals surface area contributed by atoms with Crippen molar-refractivity contribution in [1.29, 1.82) is 0 Å². The molecule has 0 aliphatic carbocycles. The zero-order valence-corrected chi connectivity index (χ0v) is 15.4. The molecule has 2 heterocycles. The van der Waals surface area contributed by atoms with Gasteiger partial charge in [-0.1, -0.05) is 18.2 Å². The SMILES string of the molecule is O=CN1CCN(c2nccc(Nc3ccc(Oc4ccccc4)cc3)n2)CC1. The molecule has 7 heteroatoms. The van der Waals surface area contributed by atoms with Gasteiger partial charge in [-0.3, -0.25) is 4.79 Å². The molecule has 1 aliphatic rings. The van der Waals surface area contributed by atoms with Crippen molar-refractivity contribution in [3.8, 4) is 11.5 Å². The Hall–Kier alpha value is -3.61. The number of hydrogen-bond acceptors (Lipinski definition) is 6. The van der Waals surface area contributed by atoms with Crippen molar-refractivity contribution in [3.63, 3.8) is 0 Å².